The minimum absolute atomic E-state index is 0.242. The maximum absolute atomic E-state index is 11.4. The molecule has 0 aliphatic heterocycles. The van der Waals surface area contributed by atoms with Crippen molar-refractivity contribution in [2.24, 2.45) is 0 Å². The van der Waals surface area contributed by atoms with Crippen LogP contribution in [0.2, 0.25) is 0 Å². The number of hydrogen-bond acceptors (Lipinski definition) is 4. The van der Waals surface area contributed by atoms with Crippen molar-refractivity contribution in [2.45, 2.75) is 20.5 Å². The van der Waals surface area contributed by atoms with E-state index in [0.717, 1.165) is 17.0 Å². The summed E-state index contributed by atoms with van der Waals surface area (Å²) in [6.45, 7) is 4.23. The van der Waals surface area contributed by atoms with Crippen molar-refractivity contribution in [2.75, 3.05) is 7.11 Å². The first-order valence-electron chi connectivity index (χ1n) is 6.83. The molecule has 0 atom stereocenters. The lowest BCUT2D eigenvalue weighted by atomic mass is 10.1. The summed E-state index contributed by atoms with van der Waals surface area (Å²) in [5, 5.41) is 9.33. The van der Waals surface area contributed by atoms with E-state index in [1.807, 2.05) is 42.5 Å². The van der Waals surface area contributed by atoms with Gasteiger partial charge in [-0.1, -0.05) is 41.2 Å². The van der Waals surface area contributed by atoms with E-state index in [1.165, 1.54) is 16.9 Å². The second-order valence-electron chi connectivity index (χ2n) is 5.15. The quantitative estimate of drug-likeness (QED) is 0.800. The molecule has 2 heterocycles. The first-order valence-corrected chi connectivity index (χ1v) is 7.64. The number of nitrogens with zero attached hydrogens (tertiary/aromatic N) is 2. The van der Waals surface area contributed by atoms with Crippen molar-refractivity contribution >= 4 is 22.3 Å². The van der Waals surface area contributed by atoms with Gasteiger partial charge in [0.25, 0.3) is 0 Å². The van der Waals surface area contributed by atoms with Crippen LogP contribution < -0.4 is 0 Å². The summed E-state index contributed by atoms with van der Waals surface area (Å²) >= 11 is 1.18. The van der Waals surface area contributed by atoms with Gasteiger partial charge in [0, 0.05) is 18.4 Å². The lowest BCUT2D eigenvalue weighted by Crippen LogP contribution is -2.04. The zero-order chi connectivity index (χ0) is 15.9. The van der Waals surface area contributed by atoms with Crippen LogP contribution in [0.5, 0.6) is 0 Å². The molecule has 0 bridgehead atoms. The number of imidazole rings is 1. The molecule has 0 saturated heterocycles. The average Bonchev–Trinajstić information content (AvgIpc) is 2.99. The van der Waals surface area contributed by atoms with Gasteiger partial charge < -0.3 is 9.84 Å². The Kier molecular flexibility index (Phi) is 3.72. The molecule has 22 heavy (non-hydrogen) atoms. The number of aryl methyl sites for hydroxylation is 2. The summed E-state index contributed by atoms with van der Waals surface area (Å²) in [6, 6.07) is 8.15. The zero-order valence-corrected chi connectivity index (χ0v) is 13.4. The van der Waals surface area contributed by atoms with Crippen LogP contribution in [-0.2, 0) is 11.3 Å². The van der Waals surface area contributed by atoms with E-state index in [2.05, 4.69) is 4.98 Å². The molecule has 6 heteroatoms. The molecule has 1 aromatic carbocycles. The minimum atomic E-state index is -0.946. The summed E-state index contributed by atoms with van der Waals surface area (Å²) in [4.78, 5) is 17.0. The van der Waals surface area contributed by atoms with Gasteiger partial charge in [0.15, 0.2) is 4.96 Å². The highest BCUT2D eigenvalue weighted by atomic mass is 32.1. The number of benzene rings is 1. The monoisotopic (exact) mass is 316 g/mol. The Hall–Kier alpha value is -2.18. The fourth-order valence-corrected chi connectivity index (χ4v) is 3.55. The van der Waals surface area contributed by atoms with Crippen molar-refractivity contribution in [3.05, 3.63) is 46.1 Å². The molecule has 114 valence electrons. The Balaban J connectivity index is 2.21. The number of rotatable bonds is 4. The molecule has 3 rings (SSSR count). The number of aromatic carboxylic acids is 1. The standard InChI is InChI=1S/C16H16N2O3S/c1-9-4-6-11(7-5-9)13-10(2)18-12(8-21-3)14(15(19)20)22-16(18)17-13/h4-7H,8H2,1-3H3,(H,19,20). The van der Waals surface area contributed by atoms with Gasteiger partial charge in [-0.25, -0.2) is 9.78 Å². The normalized spacial score (nSPS) is 11.2. The van der Waals surface area contributed by atoms with Crippen LogP contribution in [0.4, 0.5) is 0 Å². The Morgan fingerprint density at radius 3 is 2.59 bits per heavy atom. The number of carboxylic acid groups (broad SMARTS) is 1. The van der Waals surface area contributed by atoms with Crippen molar-refractivity contribution in [3.63, 3.8) is 0 Å². The van der Waals surface area contributed by atoms with Gasteiger partial charge >= 0.3 is 5.97 Å². The van der Waals surface area contributed by atoms with Gasteiger partial charge in [-0.05, 0) is 13.8 Å². The van der Waals surface area contributed by atoms with E-state index in [4.69, 9.17) is 4.74 Å². The summed E-state index contributed by atoms with van der Waals surface area (Å²) in [7, 11) is 1.56. The maximum atomic E-state index is 11.4. The van der Waals surface area contributed by atoms with Gasteiger partial charge in [-0.3, -0.25) is 4.40 Å². The van der Waals surface area contributed by atoms with Gasteiger partial charge in [0.2, 0.25) is 0 Å². The molecule has 5 nitrogen and oxygen atoms in total. The van der Waals surface area contributed by atoms with Crippen LogP contribution in [0, 0.1) is 13.8 Å². The predicted octanol–water partition coefficient (Wildman–Crippen LogP) is 3.52. The van der Waals surface area contributed by atoms with Crippen molar-refractivity contribution in [3.8, 4) is 11.3 Å². The van der Waals surface area contributed by atoms with Gasteiger partial charge in [0.1, 0.15) is 4.88 Å². The summed E-state index contributed by atoms with van der Waals surface area (Å²) in [5.41, 5.74) is 4.66. The van der Waals surface area contributed by atoms with E-state index >= 15 is 0 Å². The molecule has 0 unspecified atom stereocenters. The molecule has 0 aliphatic rings. The van der Waals surface area contributed by atoms with Crippen LogP contribution in [0.1, 0.15) is 26.6 Å². The summed E-state index contributed by atoms with van der Waals surface area (Å²) < 4.78 is 7.05. The second-order valence-corrected chi connectivity index (χ2v) is 6.12. The number of carbonyl (C=O) groups is 1. The highest BCUT2D eigenvalue weighted by molar-refractivity contribution is 7.19. The molecule has 0 radical (unpaired) electrons. The van der Waals surface area contributed by atoms with Crippen LogP contribution in [0.15, 0.2) is 24.3 Å². The molecule has 0 amide bonds. The third kappa shape index (κ3) is 2.30. The van der Waals surface area contributed by atoms with Gasteiger partial charge in [-0.2, -0.15) is 0 Å². The number of fused-ring (bicyclic) bond motifs is 1. The molecular weight excluding hydrogens is 300 g/mol. The van der Waals surface area contributed by atoms with Crippen LogP contribution in [-0.4, -0.2) is 27.6 Å². The Labute approximate surface area is 131 Å². The molecule has 0 spiro atoms. The van der Waals surface area contributed by atoms with E-state index in [1.54, 1.807) is 7.11 Å². The maximum Gasteiger partial charge on any atom is 0.347 e. The first-order chi connectivity index (χ1) is 10.5. The summed E-state index contributed by atoms with van der Waals surface area (Å²) in [5.74, 6) is -0.946. The highest BCUT2D eigenvalue weighted by Gasteiger charge is 2.22. The molecule has 0 aliphatic carbocycles. The number of thiazole rings is 1. The van der Waals surface area contributed by atoms with E-state index in [0.29, 0.717) is 10.7 Å². The number of methoxy groups -OCH3 is 1. The first kappa shape index (κ1) is 14.7. The Morgan fingerprint density at radius 2 is 2.00 bits per heavy atom. The number of ether oxygens (including phenoxy) is 1. The number of aromatic nitrogens is 2. The molecule has 0 fully saturated rings. The smallest absolute Gasteiger partial charge is 0.347 e. The van der Waals surface area contributed by atoms with Crippen molar-refractivity contribution < 1.29 is 14.6 Å². The van der Waals surface area contributed by atoms with Crippen LogP contribution in [0.25, 0.3) is 16.2 Å². The number of hydrogen-bond donors (Lipinski definition) is 1. The molecule has 1 N–H and O–H groups in total. The predicted molar refractivity (Wildman–Crippen MR) is 85.7 cm³/mol. The third-order valence-electron chi connectivity index (χ3n) is 3.60. The summed E-state index contributed by atoms with van der Waals surface area (Å²) in [6.07, 6.45) is 0. The Bertz CT molecular complexity index is 847. The van der Waals surface area contributed by atoms with Crippen molar-refractivity contribution in [1.29, 1.82) is 0 Å². The van der Waals surface area contributed by atoms with E-state index < -0.39 is 5.97 Å². The largest absolute Gasteiger partial charge is 0.477 e. The van der Waals surface area contributed by atoms with E-state index in [-0.39, 0.29) is 11.5 Å². The second kappa shape index (κ2) is 5.55. The fourth-order valence-electron chi connectivity index (χ4n) is 2.53. The zero-order valence-electron chi connectivity index (χ0n) is 12.6. The van der Waals surface area contributed by atoms with Crippen LogP contribution >= 0.6 is 11.3 Å². The number of carboxylic acids is 1. The van der Waals surface area contributed by atoms with E-state index in [9.17, 15) is 9.90 Å². The average molecular weight is 316 g/mol. The minimum Gasteiger partial charge on any atom is -0.477 e. The molecule has 0 saturated carbocycles. The SMILES string of the molecule is COCc1c(C(=O)O)sc2nc(-c3ccc(C)cc3)c(C)n12. The van der Waals surface area contributed by atoms with Gasteiger partial charge in [0.05, 0.1) is 18.0 Å². The molecular formula is C16H16N2O3S. The molecule has 3 aromatic rings. The lowest BCUT2D eigenvalue weighted by molar-refractivity contribution is 0.0696. The highest BCUT2D eigenvalue weighted by Crippen LogP contribution is 2.31. The Morgan fingerprint density at radius 1 is 1.32 bits per heavy atom. The molecule has 2 aromatic heterocycles. The fraction of sp³-hybridized carbons (Fsp3) is 0.250. The lowest BCUT2D eigenvalue weighted by Gasteiger charge is -2.04. The van der Waals surface area contributed by atoms with Crippen molar-refractivity contribution in [1.82, 2.24) is 9.38 Å². The third-order valence-corrected chi connectivity index (χ3v) is 4.67. The van der Waals surface area contributed by atoms with Crippen LogP contribution in [0.3, 0.4) is 0 Å². The van der Waals surface area contributed by atoms with Gasteiger partial charge in [-0.15, -0.1) is 0 Å². The topological polar surface area (TPSA) is 63.8 Å².